The lowest BCUT2D eigenvalue weighted by atomic mass is 10.3. The minimum absolute atomic E-state index is 0.703. The van der Waals surface area contributed by atoms with Gasteiger partial charge in [0.05, 0.1) is 6.54 Å². The van der Waals surface area contributed by atoms with E-state index in [0.717, 1.165) is 17.1 Å². The van der Waals surface area contributed by atoms with Gasteiger partial charge in [-0.05, 0) is 17.9 Å². The molecule has 90 valence electrons. The highest BCUT2D eigenvalue weighted by atomic mass is 32.2. The highest BCUT2D eigenvalue weighted by Gasteiger charge is 2.02. The molecule has 0 unspecified atom stereocenters. The molecule has 17 heavy (non-hydrogen) atoms. The average Bonchev–Trinajstić information content (AvgIpc) is 2.74. The second kappa shape index (κ2) is 5.72. The summed E-state index contributed by atoms with van der Waals surface area (Å²) in [4.78, 5) is 1.28. The predicted octanol–water partition coefficient (Wildman–Crippen LogP) is 2.54. The van der Waals surface area contributed by atoms with E-state index in [1.807, 2.05) is 31.1 Å². The van der Waals surface area contributed by atoms with E-state index >= 15 is 0 Å². The number of para-hydroxylation sites is 1. The molecule has 0 radical (unpaired) electrons. The molecule has 2 aromatic rings. The van der Waals surface area contributed by atoms with Crippen LogP contribution in [0.2, 0.25) is 0 Å². The number of anilines is 1. The molecular formula is C12H16N4S. The van der Waals surface area contributed by atoms with E-state index in [9.17, 15) is 0 Å². The fraction of sp³-hybridized carbons (Fsp3) is 0.333. The van der Waals surface area contributed by atoms with Crippen LogP contribution in [0.5, 0.6) is 0 Å². The van der Waals surface area contributed by atoms with Crippen molar-refractivity contribution in [1.82, 2.24) is 15.0 Å². The number of thioether (sulfide) groups is 1. The van der Waals surface area contributed by atoms with Crippen molar-refractivity contribution >= 4 is 17.4 Å². The van der Waals surface area contributed by atoms with Gasteiger partial charge in [-0.3, -0.25) is 4.68 Å². The van der Waals surface area contributed by atoms with E-state index in [0.29, 0.717) is 6.54 Å². The third kappa shape index (κ3) is 3.23. The Morgan fingerprint density at radius 2 is 2.18 bits per heavy atom. The van der Waals surface area contributed by atoms with E-state index in [-0.39, 0.29) is 0 Å². The van der Waals surface area contributed by atoms with Gasteiger partial charge in [0.25, 0.3) is 0 Å². The van der Waals surface area contributed by atoms with Crippen molar-refractivity contribution in [1.29, 1.82) is 0 Å². The smallest absolute Gasteiger partial charge is 0.102 e. The van der Waals surface area contributed by atoms with Crippen LogP contribution in [-0.2, 0) is 13.6 Å². The Morgan fingerprint density at radius 1 is 1.35 bits per heavy atom. The van der Waals surface area contributed by atoms with Gasteiger partial charge in [0.1, 0.15) is 5.69 Å². The van der Waals surface area contributed by atoms with Crippen LogP contribution in [0.4, 0.5) is 5.69 Å². The van der Waals surface area contributed by atoms with Gasteiger partial charge >= 0.3 is 0 Å². The van der Waals surface area contributed by atoms with Gasteiger partial charge in [-0.1, -0.05) is 24.3 Å². The molecule has 0 bridgehead atoms. The molecule has 0 aliphatic carbocycles. The zero-order valence-electron chi connectivity index (χ0n) is 10.1. The molecule has 0 saturated carbocycles. The second-order valence-corrected chi connectivity index (χ2v) is 4.97. The summed E-state index contributed by atoms with van der Waals surface area (Å²) in [6, 6.07) is 8.33. The molecule has 0 amide bonds. The number of aryl methyl sites for hydroxylation is 1. The molecule has 0 aliphatic heterocycles. The van der Waals surface area contributed by atoms with E-state index in [1.54, 1.807) is 4.68 Å². The number of rotatable bonds is 5. The maximum absolute atomic E-state index is 4.05. The summed E-state index contributed by atoms with van der Waals surface area (Å²) in [5.41, 5.74) is 2.11. The fourth-order valence-corrected chi connectivity index (χ4v) is 2.34. The summed E-state index contributed by atoms with van der Waals surface area (Å²) >= 11 is 1.84. The Bertz CT molecular complexity index is 481. The van der Waals surface area contributed by atoms with Gasteiger partial charge in [-0.15, -0.1) is 16.9 Å². The normalized spacial score (nSPS) is 10.5. The van der Waals surface area contributed by atoms with Crippen LogP contribution in [0, 0.1) is 0 Å². The number of nitrogens with one attached hydrogen (secondary N) is 1. The van der Waals surface area contributed by atoms with Crippen molar-refractivity contribution in [2.45, 2.75) is 18.4 Å². The molecule has 0 saturated heterocycles. The molecule has 0 fully saturated rings. The lowest BCUT2D eigenvalue weighted by Gasteiger charge is -2.09. The summed E-state index contributed by atoms with van der Waals surface area (Å²) < 4.78 is 1.71. The van der Waals surface area contributed by atoms with Gasteiger partial charge in [-0.25, -0.2) is 0 Å². The maximum Gasteiger partial charge on any atom is 0.102 e. The van der Waals surface area contributed by atoms with Gasteiger partial charge in [0.15, 0.2) is 0 Å². The lowest BCUT2D eigenvalue weighted by molar-refractivity contribution is 0.713. The SMILES string of the molecule is CCSc1ccccc1NCc1cn(C)nn1. The standard InChI is InChI=1S/C12H16N4S/c1-3-17-12-7-5-4-6-11(12)13-8-10-9-16(2)15-14-10/h4-7,9,13H,3,8H2,1-2H3. The van der Waals surface area contributed by atoms with Gasteiger partial charge < -0.3 is 5.32 Å². The zero-order valence-corrected chi connectivity index (χ0v) is 10.9. The van der Waals surface area contributed by atoms with Crippen LogP contribution < -0.4 is 5.32 Å². The number of hydrogen-bond donors (Lipinski definition) is 1. The minimum atomic E-state index is 0.703. The quantitative estimate of drug-likeness (QED) is 0.826. The van der Waals surface area contributed by atoms with Crippen molar-refractivity contribution in [3.05, 3.63) is 36.2 Å². The first-order valence-corrected chi connectivity index (χ1v) is 6.59. The van der Waals surface area contributed by atoms with Crippen LogP contribution in [0.3, 0.4) is 0 Å². The topological polar surface area (TPSA) is 42.7 Å². The summed E-state index contributed by atoms with van der Waals surface area (Å²) in [5, 5.41) is 11.4. The Labute approximate surface area is 105 Å². The monoisotopic (exact) mass is 248 g/mol. The van der Waals surface area contributed by atoms with Gasteiger partial charge in [-0.2, -0.15) is 0 Å². The van der Waals surface area contributed by atoms with Crippen LogP contribution in [0.15, 0.2) is 35.4 Å². The Morgan fingerprint density at radius 3 is 2.88 bits per heavy atom. The molecule has 2 rings (SSSR count). The van der Waals surface area contributed by atoms with E-state index in [4.69, 9.17) is 0 Å². The third-order valence-corrected chi connectivity index (χ3v) is 3.25. The Hall–Kier alpha value is -1.49. The molecule has 0 aliphatic rings. The van der Waals surface area contributed by atoms with Gasteiger partial charge in [0, 0.05) is 23.8 Å². The predicted molar refractivity (Wildman–Crippen MR) is 71.2 cm³/mol. The molecular weight excluding hydrogens is 232 g/mol. The average molecular weight is 248 g/mol. The first-order chi connectivity index (χ1) is 8.29. The van der Waals surface area contributed by atoms with Crippen LogP contribution in [0.25, 0.3) is 0 Å². The van der Waals surface area contributed by atoms with Crippen molar-refractivity contribution < 1.29 is 0 Å². The largest absolute Gasteiger partial charge is 0.378 e. The Balaban J connectivity index is 2.03. The van der Waals surface area contributed by atoms with Crippen molar-refractivity contribution in [3.63, 3.8) is 0 Å². The van der Waals surface area contributed by atoms with Gasteiger partial charge in [0.2, 0.25) is 0 Å². The maximum atomic E-state index is 4.05. The number of hydrogen-bond acceptors (Lipinski definition) is 4. The molecule has 1 N–H and O–H groups in total. The molecule has 0 spiro atoms. The number of aromatic nitrogens is 3. The molecule has 1 aromatic heterocycles. The highest BCUT2D eigenvalue weighted by molar-refractivity contribution is 7.99. The first kappa shape index (κ1) is 12.0. The molecule has 0 atom stereocenters. The van der Waals surface area contributed by atoms with E-state index in [1.165, 1.54) is 4.90 Å². The third-order valence-electron chi connectivity index (χ3n) is 2.30. The lowest BCUT2D eigenvalue weighted by Crippen LogP contribution is -2.01. The number of nitrogens with zero attached hydrogens (tertiary/aromatic N) is 3. The van der Waals surface area contributed by atoms with E-state index in [2.05, 4.69) is 40.8 Å². The molecule has 5 heteroatoms. The van der Waals surface area contributed by atoms with Crippen molar-refractivity contribution in [2.24, 2.45) is 7.05 Å². The summed E-state index contributed by atoms with van der Waals surface area (Å²) in [5.74, 6) is 1.07. The first-order valence-electron chi connectivity index (χ1n) is 5.60. The van der Waals surface area contributed by atoms with Crippen LogP contribution >= 0.6 is 11.8 Å². The molecule has 1 aromatic carbocycles. The molecule has 1 heterocycles. The van der Waals surface area contributed by atoms with Crippen molar-refractivity contribution in [3.8, 4) is 0 Å². The fourth-order valence-electron chi connectivity index (χ4n) is 1.56. The zero-order chi connectivity index (χ0) is 12.1. The summed E-state index contributed by atoms with van der Waals surface area (Å²) in [7, 11) is 1.87. The summed E-state index contributed by atoms with van der Waals surface area (Å²) in [6.45, 7) is 2.86. The van der Waals surface area contributed by atoms with E-state index < -0.39 is 0 Å². The number of benzene rings is 1. The second-order valence-electron chi connectivity index (χ2n) is 3.67. The van der Waals surface area contributed by atoms with Crippen LogP contribution in [-0.4, -0.2) is 20.7 Å². The highest BCUT2D eigenvalue weighted by Crippen LogP contribution is 2.26. The Kier molecular flexibility index (Phi) is 4.03. The van der Waals surface area contributed by atoms with Crippen molar-refractivity contribution in [2.75, 3.05) is 11.1 Å². The van der Waals surface area contributed by atoms with Crippen LogP contribution in [0.1, 0.15) is 12.6 Å². The molecule has 4 nitrogen and oxygen atoms in total. The summed E-state index contributed by atoms with van der Waals surface area (Å²) in [6.07, 6.45) is 1.92. The minimum Gasteiger partial charge on any atom is -0.378 e.